The van der Waals surface area contributed by atoms with Crippen LogP contribution in [0.15, 0.2) is 53.7 Å². The Morgan fingerprint density at radius 3 is 2.68 bits per heavy atom. The number of fused-ring (bicyclic) bond motifs is 1. The molecule has 2 heterocycles. The molecule has 1 aliphatic rings. The van der Waals surface area contributed by atoms with Crippen LogP contribution in [0.3, 0.4) is 0 Å². The molecule has 8 heteroatoms. The van der Waals surface area contributed by atoms with Gasteiger partial charge in [0.25, 0.3) is 0 Å². The van der Waals surface area contributed by atoms with Crippen molar-refractivity contribution in [2.75, 3.05) is 50.2 Å². The number of ether oxygens (including phenoxy) is 2. The molecule has 0 spiro atoms. The number of aromatic nitrogens is 2. The maximum absolute atomic E-state index is 12.8. The van der Waals surface area contributed by atoms with E-state index in [1.165, 1.54) is 11.8 Å². The number of morpholine rings is 1. The first kappa shape index (κ1) is 21.7. The summed E-state index contributed by atoms with van der Waals surface area (Å²) in [5.74, 6) is -0.0468. The standard InChI is InChI=1S/C23H28N4O3S/c1-17(31-23-25-20-5-3-4-6-21(20)27(23)13-14-29-2)22(28)24-18-7-9-19(10-8-18)26-11-15-30-16-12-26/h3-10,17H,11-16H2,1-2H3,(H,24,28). The Morgan fingerprint density at radius 2 is 1.94 bits per heavy atom. The van der Waals surface area contributed by atoms with Crippen LogP contribution in [0.5, 0.6) is 0 Å². The molecule has 1 aliphatic heterocycles. The third kappa shape index (κ3) is 5.20. The third-order valence-corrected chi connectivity index (χ3v) is 6.39. The van der Waals surface area contributed by atoms with Gasteiger partial charge in [0, 0.05) is 38.1 Å². The number of nitrogens with one attached hydrogen (secondary N) is 1. The predicted molar refractivity (Wildman–Crippen MR) is 125 cm³/mol. The highest BCUT2D eigenvalue weighted by Gasteiger charge is 2.20. The summed E-state index contributed by atoms with van der Waals surface area (Å²) in [6, 6.07) is 16.0. The second kappa shape index (κ2) is 10.2. The minimum absolute atomic E-state index is 0.0468. The van der Waals surface area contributed by atoms with Gasteiger partial charge >= 0.3 is 0 Å². The maximum Gasteiger partial charge on any atom is 0.237 e. The van der Waals surface area contributed by atoms with Crippen LogP contribution < -0.4 is 10.2 Å². The lowest BCUT2D eigenvalue weighted by atomic mass is 10.2. The number of anilines is 2. The number of para-hydroxylation sites is 2. The van der Waals surface area contributed by atoms with Gasteiger partial charge in [-0.25, -0.2) is 4.98 Å². The van der Waals surface area contributed by atoms with Crippen LogP contribution in [-0.4, -0.2) is 60.7 Å². The van der Waals surface area contributed by atoms with Crippen LogP contribution in [0.1, 0.15) is 6.92 Å². The van der Waals surface area contributed by atoms with E-state index in [-0.39, 0.29) is 11.2 Å². The van der Waals surface area contributed by atoms with Crippen LogP contribution in [0.4, 0.5) is 11.4 Å². The molecule has 0 radical (unpaired) electrons. The number of amides is 1. The molecule has 1 aromatic heterocycles. The number of hydrogen-bond acceptors (Lipinski definition) is 6. The van der Waals surface area contributed by atoms with Crippen molar-refractivity contribution in [3.05, 3.63) is 48.5 Å². The van der Waals surface area contributed by atoms with Gasteiger partial charge in [-0.15, -0.1) is 0 Å². The molecule has 164 valence electrons. The normalized spacial score (nSPS) is 15.2. The molecular formula is C23H28N4O3S. The van der Waals surface area contributed by atoms with Crippen LogP contribution >= 0.6 is 11.8 Å². The summed E-state index contributed by atoms with van der Waals surface area (Å²) < 4.78 is 12.8. The molecule has 31 heavy (non-hydrogen) atoms. The highest BCUT2D eigenvalue weighted by molar-refractivity contribution is 8.00. The average molecular weight is 441 g/mol. The molecule has 1 saturated heterocycles. The smallest absolute Gasteiger partial charge is 0.237 e. The first-order valence-electron chi connectivity index (χ1n) is 10.5. The SMILES string of the molecule is COCCn1c(SC(C)C(=O)Nc2ccc(N3CCOCC3)cc2)nc2ccccc21. The monoisotopic (exact) mass is 440 g/mol. The Hall–Kier alpha value is -2.55. The van der Waals surface area contributed by atoms with Gasteiger partial charge in [0.1, 0.15) is 0 Å². The molecule has 4 rings (SSSR count). The number of benzene rings is 2. The van der Waals surface area contributed by atoms with E-state index in [9.17, 15) is 4.79 Å². The largest absolute Gasteiger partial charge is 0.383 e. The summed E-state index contributed by atoms with van der Waals surface area (Å²) in [6.07, 6.45) is 0. The lowest BCUT2D eigenvalue weighted by molar-refractivity contribution is -0.115. The van der Waals surface area contributed by atoms with Crippen molar-refractivity contribution in [1.82, 2.24) is 9.55 Å². The molecule has 1 N–H and O–H groups in total. The Labute approximate surface area is 186 Å². The predicted octanol–water partition coefficient (Wildman–Crippen LogP) is 3.64. The van der Waals surface area contributed by atoms with Crippen molar-refractivity contribution in [2.45, 2.75) is 23.9 Å². The van der Waals surface area contributed by atoms with Crippen LogP contribution in [-0.2, 0) is 20.8 Å². The van der Waals surface area contributed by atoms with Crippen LogP contribution in [0.25, 0.3) is 11.0 Å². The minimum Gasteiger partial charge on any atom is -0.383 e. The molecule has 0 saturated carbocycles. The fourth-order valence-electron chi connectivity index (χ4n) is 3.57. The van der Waals surface area contributed by atoms with E-state index in [4.69, 9.17) is 14.5 Å². The van der Waals surface area contributed by atoms with Gasteiger partial charge < -0.3 is 24.3 Å². The molecule has 1 atom stereocenters. The zero-order valence-corrected chi connectivity index (χ0v) is 18.7. The second-order valence-electron chi connectivity index (χ2n) is 7.42. The van der Waals surface area contributed by atoms with Crippen molar-refractivity contribution in [3.63, 3.8) is 0 Å². The van der Waals surface area contributed by atoms with Gasteiger partial charge in [-0.2, -0.15) is 0 Å². The highest BCUT2D eigenvalue weighted by Crippen LogP contribution is 2.28. The molecule has 7 nitrogen and oxygen atoms in total. The first-order valence-corrected chi connectivity index (χ1v) is 11.4. The molecular weight excluding hydrogens is 412 g/mol. The average Bonchev–Trinajstić information content (AvgIpc) is 3.15. The van der Waals surface area contributed by atoms with E-state index in [0.717, 1.165) is 53.9 Å². The molecule has 1 unspecified atom stereocenters. The maximum atomic E-state index is 12.8. The van der Waals surface area contributed by atoms with Crippen LogP contribution in [0.2, 0.25) is 0 Å². The van der Waals surface area contributed by atoms with Crippen molar-refractivity contribution in [2.24, 2.45) is 0 Å². The zero-order valence-electron chi connectivity index (χ0n) is 17.9. The number of thioether (sulfide) groups is 1. The number of carbonyl (C=O) groups excluding carboxylic acids is 1. The first-order chi connectivity index (χ1) is 15.2. The van der Waals surface area contributed by atoms with E-state index in [2.05, 4.69) is 14.8 Å². The summed E-state index contributed by atoms with van der Waals surface area (Å²) in [6.45, 7) is 6.47. The molecule has 0 aliphatic carbocycles. The van der Waals surface area contributed by atoms with Gasteiger partial charge in [0.15, 0.2) is 5.16 Å². The van der Waals surface area contributed by atoms with Gasteiger partial charge in [-0.1, -0.05) is 23.9 Å². The molecule has 1 fully saturated rings. The van der Waals surface area contributed by atoms with Crippen molar-refractivity contribution >= 4 is 40.1 Å². The summed E-state index contributed by atoms with van der Waals surface area (Å²) >= 11 is 1.46. The number of imidazole rings is 1. The molecule has 0 bridgehead atoms. The van der Waals surface area contributed by atoms with Gasteiger partial charge in [0.05, 0.1) is 36.1 Å². The molecule has 2 aromatic carbocycles. The Bertz CT molecular complexity index is 1020. The summed E-state index contributed by atoms with van der Waals surface area (Å²) in [5, 5.41) is 3.55. The molecule has 3 aromatic rings. The van der Waals surface area contributed by atoms with Crippen LogP contribution in [0, 0.1) is 0 Å². The number of carbonyl (C=O) groups is 1. The van der Waals surface area contributed by atoms with Gasteiger partial charge in [-0.3, -0.25) is 4.79 Å². The van der Waals surface area contributed by atoms with Crippen molar-refractivity contribution < 1.29 is 14.3 Å². The fourth-order valence-corrected chi connectivity index (χ4v) is 4.52. The zero-order chi connectivity index (χ0) is 21.6. The highest BCUT2D eigenvalue weighted by atomic mass is 32.2. The third-order valence-electron chi connectivity index (χ3n) is 5.30. The van der Waals surface area contributed by atoms with Crippen molar-refractivity contribution in [3.8, 4) is 0 Å². The number of hydrogen-bond donors (Lipinski definition) is 1. The lowest BCUT2D eigenvalue weighted by Crippen LogP contribution is -2.36. The van der Waals surface area contributed by atoms with E-state index >= 15 is 0 Å². The number of rotatable bonds is 8. The fraction of sp³-hybridized carbons (Fsp3) is 0.391. The summed E-state index contributed by atoms with van der Waals surface area (Å²) in [4.78, 5) is 19.8. The number of methoxy groups -OCH3 is 1. The second-order valence-corrected chi connectivity index (χ2v) is 8.73. The van der Waals surface area contributed by atoms with Crippen molar-refractivity contribution in [1.29, 1.82) is 0 Å². The van der Waals surface area contributed by atoms with Gasteiger partial charge in [0.2, 0.25) is 5.91 Å². The van der Waals surface area contributed by atoms with E-state index in [0.29, 0.717) is 13.2 Å². The summed E-state index contributed by atoms with van der Waals surface area (Å²) in [7, 11) is 1.69. The Morgan fingerprint density at radius 1 is 1.19 bits per heavy atom. The molecule has 1 amide bonds. The Kier molecular flexibility index (Phi) is 7.11. The Balaban J connectivity index is 1.41. The van der Waals surface area contributed by atoms with E-state index in [1.807, 2.05) is 55.5 Å². The van der Waals surface area contributed by atoms with E-state index < -0.39 is 0 Å². The quantitative estimate of drug-likeness (QED) is 0.540. The topological polar surface area (TPSA) is 68.6 Å². The van der Waals surface area contributed by atoms with E-state index in [1.54, 1.807) is 7.11 Å². The minimum atomic E-state index is -0.294. The summed E-state index contributed by atoms with van der Waals surface area (Å²) in [5.41, 5.74) is 3.92. The lowest BCUT2D eigenvalue weighted by Gasteiger charge is -2.28. The number of nitrogens with zero attached hydrogens (tertiary/aromatic N) is 3. The van der Waals surface area contributed by atoms with Gasteiger partial charge in [-0.05, 0) is 43.3 Å².